The number of nitrogens with two attached hydrogens (primary N) is 1. The fourth-order valence-corrected chi connectivity index (χ4v) is 3.84. The SMILES string of the molecule is Nc1cc(Br)cc(Br)c1NC(=O)C1(c2ccccc2)CC1. The van der Waals surface area contributed by atoms with Crippen LogP contribution in [0.25, 0.3) is 0 Å². The number of carbonyl (C=O) groups excluding carboxylic acids is 1. The van der Waals surface area contributed by atoms with Crippen LogP contribution in [0.1, 0.15) is 18.4 Å². The van der Waals surface area contributed by atoms with Crippen LogP contribution in [0.3, 0.4) is 0 Å². The summed E-state index contributed by atoms with van der Waals surface area (Å²) in [6.07, 6.45) is 1.74. The third kappa shape index (κ3) is 2.72. The van der Waals surface area contributed by atoms with Gasteiger partial charge in [0.25, 0.3) is 0 Å². The van der Waals surface area contributed by atoms with Crippen molar-refractivity contribution in [2.75, 3.05) is 11.1 Å². The zero-order valence-electron chi connectivity index (χ0n) is 11.2. The number of anilines is 2. The molecule has 1 amide bonds. The number of nitrogen functional groups attached to an aromatic ring is 1. The fourth-order valence-electron chi connectivity index (χ4n) is 2.49. The number of hydrogen-bond donors (Lipinski definition) is 2. The molecule has 1 saturated carbocycles. The number of carbonyl (C=O) groups is 1. The largest absolute Gasteiger partial charge is 0.397 e. The molecule has 3 nitrogen and oxygen atoms in total. The standard InChI is InChI=1S/C16H14Br2N2O/c17-11-8-12(18)14(13(19)9-11)20-15(21)16(6-7-16)10-4-2-1-3-5-10/h1-5,8-9H,6-7,19H2,(H,20,21). The summed E-state index contributed by atoms with van der Waals surface area (Å²) in [4.78, 5) is 12.7. The third-order valence-electron chi connectivity index (χ3n) is 3.84. The minimum absolute atomic E-state index is 0.00317. The summed E-state index contributed by atoms with van der Waals surface area (Å²) in [6, 6.07) is 13.6. The molecule has 2 aromatic carbocycles. The molecule has 0 aliphatic heterocycles. The van der Waals surface area contributed by atoms with Gasteiger partial charge < -0.3 is 11.1 Å². The smallest absolute Gasteiger partial charge is 0.235 e. The van der Waals surface area contributed by atoms with E-state index in [4.69, 9.17) is 5.73 Å². The number of amides is 1. The Morgan fingerprint density at radius 2 is 1.81 bits per heavy atom. The van der Waals surface area contributed by atoms with Gasteiger partial charge in [0, 0.05) is 8.95 Å². The Kier molecular flexibility index (Phi) is 3.80. The highest BCUT2D eigenvalue weighted by molar-refractivity contribution is 9.11. The molecule has 1 aliphatic rings. The molecular weight excluding hydrogens is 396 g/mol. The Hall–Kier alpha value is -1.33. The Morgan fingerprint density at radius 1 is 1.14 bits per heavy atom. The van der Waals surface area contributed by atoms with E-state index >= 15 is 0 Å². The van der Waals surface area contributed by atoms with Gasteiger partial charge in [0.1, 0.15) is 0 Å². The minimum Gasteiger partial charge on any atom is -0.397 e. The molecule has 0 unspecified atom stereocenters. The zero-order valence-corrected chi connectivity index (χ0v) is 14.4. The first-order chi connectivity index (χ1) is 10.0. The predicted octanol–water partition coefficient (Wildman–Crippen LogP) is 4.46. The van der Waals surface area contributed by atoms with Crippen LogP contribution in [0.15, 0.2) is 51.4 Å². The van der Waals surface area contributed by atoms with Crippen molar-refractivity contribution in [1.82, 2.24) is 0 Å². The van der Waals surface area contributed by atoms with Crippen molar-refractivity contribution in [3.05, 3.63) is 57.0 Å². The summed E-state index contributed by atoms with van der Waals surface area (Å²) in [7, 11) is 0. The van der Waals surface area contributed by atoms with Crippen LogP contribution in [-0.4, -0.2) is 5.91 Å². The topological polar surface area (TPSA) is 55.1 Å². The summed E-state index contributed by atoms with van der Waals surface area (Å²) in [5.74, 6) is 0.00317. The average Bonchev–Trinajstić information content (AvgIpc) is 3.25. The second-order valence-electron chi connectivity index (χ2n) is 5.25. The zero-order chi connectivity index (χ0) is 15.0. The van der Waals surface area contributed by atoms with Crippen LogP contribution in [0.4, 0.5) is 11.4 Å². The van der Waals surface area contributed by atoms with Gasteiger partial charge in [-0.05, 0) is 46.5 Å². The lowest BCUT2D eigenvalue weighted by Gasteiger charge is -2.18. The lowest BCUT2D eigenvalue weighted by molar-refractivity contribution is -0.118. The molecule has 2 aromatic rings. The van der Waals surface area contributed by atoms with Gasteiger partial charge in [0.2, 0.25) is 5.91 Å². The maximum Gasteiger partial charge on any atom is 0.235 e. The monoisotopic (exact) mass is 408 g/mol. The van der Waals surface area contributed by atoms with Crippen LogP contribution >= 0.6 is 31.9 Å². The van der Waals surface area contributed by atoms with Gasteiger partial charge in [0.05, 0.1) is 16.8 Å². The molecule has 0 atom stereocenters. The van der Waals surface area contributed by atoms with E-state index in [1.54, 1.807) is 6.07 Å². The minimum atomic E-state index is -0.403. The number of halogens is 2. The number of benzene rings is 2. The maximum absolute atomic E-state index is 12.7. The summed E-state index contributed by atoms with van der Waals surface area (Å²) < 4.78 is 1.64. The van der Waals surface area contributed by atoms with E-state index in [0.29, 0.717) is 11.4 Å². The number of nitrogens with one attached hydrogen (secondary N) is 1. The van der Waals surface area contributed by atoms with Crippen LogP contribution < -0.4 is 11.1 Å². The molecular formula is C16H14Br2N2O. The Morgan fingerprint density at radius 3 is 2.38 bits per heavy atom. The van der Waals surface area contributed by atoms with E-state index in [9.17, 15) is 4.79 Å². The molecule has 1 fully saturated rings. The van der Waals surface area contributed by atoms with Crippen LogP contribution in [0.2, 0.25) is 0 Å². The van der Waals surface area contributed by atoms with Crippen molar-refractivity contribution in [2.45, 2.75) is 18.3 Å². The highest BCUT2D eigenvalue weighted by atomic mass is 79.9. The van der Waals surface area contributed by atoms with Crippen LogP contribution in [0, 0.1) is 0 Å². The summed E-state index contributed by atoms with van der Waals surface area (Å²) >= 11 is 6.82. The first-order valence-corrected chi connectivity index (χ1v) is 8.23. The van der Waals surface area contributed by atoms with E-state index in [-0.39, 0.29) is 5.91 Å². The fraction of sp³-hybridized carbons (Fsp3) is 0.188. The van der Waals surface area contributed by atoms with Gasteiger partial charge >= 0.3 is 0 Å². The van der Waals surface area contributed by atoms with E-state index < -0.39 is 5.41 Å². The molecule has 0 heterocycles. The van der Waals surface area contributed by atoms with Gasteiger partial charge in [-0.15, -0.1) is 0 Å². The highest BCUT2D eigenvalue weighted by Crippen LogP contribution is 2.49. The third-order valence-corrected chi connectivity index (χ3v) is 4.92. The summed E-state index contributed by atoms with van der Waals surface area (Å²) in [6.45, 7) is 0. The summed E-state index contributed by atoms with van der Waals surface area (Å²) in [5, 5.41) is 2.98. The molecule has 108 valence electrons. The quantitative estimate of drug-likeness (QED) is 0.735. The molecule has 3 N–H and O–H groups in total. The van der Waals surface area contributed by atoms with Crippen molar-refractivity contribution < 1.29 is 4.79 Å². The summed E-state index contributed by atoms with van der Waals surface area (Å²) in [5.41, 5.74) is 7.83. The molecule has 21 heavy (non-hydrogen) atoms. The lowest BCUT2D eigenvalue weighted by Crippen LogP contribution is -2.28. The molecule has 0 spiro atoms. The first kappa shape index (κ1) is 14.6. The Balaban J connectivity index is 1.88. The van der Waals surface area contributed by atoms with E-state index in [1.807, 2.05) is 36.4 Å². The highest BCUT2D eigenvalue weighted by Gasteiger charge is 2.51. The van der Waals surface area contributed by atoms with Crippen LogP contribution in [-0.2, 0) is 10.2 Å². The van der Waals surface area contributed by atoms with E-state index in [0.717, 1.165) is 27.4 Å². The van der Waals surface area contributed by atoms with Crippen LogP contribution in [0.5, 0.6) is 0 Å². The molecule has 0 radical (unpaired) electrons. The molecule has 0 aromatic heterocycles. The van der Waals surface area contributed by atoms with E-state index in [2.05, 4.69) is 37.2 Å². The molecule has 0 saturated heterocycles. The van der Waals surface area contributed by atoms with E-state index in [1.165, 1.54) is 0 Å². The average molecular weight is 410 g/mol. The number of rotatable bonds is 3. The first-order valence-electron chi connectivity index (χ1n) is 6.64. The van der Waals surface area contributed by atoms with Crippen molar-refractivity contribution in [3.63, 3.8) is 0 Å². The lowest BCUT2D eigenvalue weighted by atomic mass is 9.95. The van der Waals surface area contributed by atoms with Crippen molar-refractivity contribution in [2.24, 2.45) is 0 Å². The second kappa shape index (κ2) is 5.46. The van der Waals surface area contributed by atoms with Crippen molar-refractivity contribution >= 4 is 49.1 Å². The number of hydrogen-bond acceptors (Lipinski definition) is 2. The predicted molar refractivity (Wildman–Crippen MR) is 92.2 cm³/mol. The van der Waals surface area contributed by atoms with Gasteiger partial charge in [-0.25, -0.2) is 0 Å². The van der Waals surface area contributed by atoms with Gasteiger partial charge in [-0.2, -0.15) is 0 Å². The molecule has 3 rings (SSSR count). The van der Waals surface area contributed by atoms with Gasteiger partial charge in [-0.3, -0.25) is 4.79 Å². The van der Waals surface area contributed by atoms with Gasteiger partial charge in [0.15, 0.2) is 0 Å². The maximum atomic E-state index is 12.7. The molecule has 1 aliphatic carbocycles. The second-order valence-corrected chi connectivity index (χ2v) is 7.02. The molecule has 0 bridgehead atoms. The van der Waals surface area contributed by atoms with Crippen molar-refractivity contribution in [1.29, 1.82) is 0 Å². The normalized spacial score (nSPS) is 15.5. The Bertz CT molecular complexity index is 674. The van der Waals surface area contributed by atoms with Crippen molar-refractivity contribution in [3.8, 4) is 0 Å². The van der Waals surface area contributed by atoms with Gasteiger partial charge in [-0.1, -0.05) is 46.3 Å². The Labute approximate surface area is 140 Å². The molecule has 5 heteroatoms.